The maximum atomic E-state index is 12.3. The second-order valence-corrected chi connectivity index (χ2v) is 6.31. The third-order valence-corrected chi connectivity index (χ3v) is 4.53. The van der Waals surface area contributed by atoms with Crippen molar-refractivity contribution in [2.75, 3.05) is 50.1 Å². The second kappa shape index (κ2) is 6.31. The summed E-state index contributed by atoms with van der Waals surface area (Å²) in [6.45, 7) is 2.92. The summed E-state index contributed by atoms with van der Waals surface area (Å²) in [5.74, 6) is 1.74. The lowest BCUT2D eigenvalue weighted by molar-refractivity contribution is 0.0751. The number of aromatic nitrogens is 2. The van der Waals surface area contributed by atoms with Gasteiger partial charge in [0.05, 0.1) is 4.88 Å². The van der Waals surface area contributed by atoms with Crippen LogP contribution in [0.1, 0.15) is 9.67 Å². The predicted octanol–water partition coefficient (Wildman–Crippen LogP) is 1.57. The van der Waals surface area contributed by atoms with Gasteiger partial charge in [0.2, 0.25) is 5.95 Å². The molecule has 2 aromatic rings. The fourth-order valence-corrected chi connectivity index (χ4v) is 3.10. The Hall–Kier alpha value is -2.15. The highest BCUT2D eigenvalue weighted by Crippen LogP contribution is 2.17. The van der Waals surface area contributed by atoms with Crippen molar-refractivity contribution in [1.82, 2.24) is 14.9 Å². The molecule has 0 atom stereocenters. The first-order valence-electron chi connectivity index (χ1n) is 7.23. The molecule has 2 aromatic heterocycles. The second-order valence-electron chi connectivity index (χ2n) is 5.37. The first-order valence-corrected chi connectivity index (χ1v) is 8.11. The molecule has 6 nitrogen and oxygen atoms in total. The average Bonchev–Trinajstić information content (AvgIpc) is 3.09. The molecule has 1 amide bonds. The Bertz CT molecular complexity index is 635. The Morgan fingerprint density at radius 3 is 2.64 bits per heavy atom. The van der Waals surface area contributed by atoms with Gasteiger partial charge in [-0.05, 0) is 17.5 Å². The Balaban J connectivity index is 1.64. The van der Waals surface area contributed by atoms with Gasteiger partial charge in [-0.1, -0.05) is 6.07 Å². The van der Waals surface area contributed by atoms with Crippen LogP contribution in [-0.4, -0.2) is 61.0 Å². The minimum Gasteiger partial charge on any atom is -0.363 e. The molecule has 3 rings (SSSR count). The molecule has 0 bridgehead atoms. The molecule has 0 unspecified atom stereocenters. The van der Waals surface area contributed by atoms with Gasteiger partial charge in [0.15, 0.2) is 0 Å². The van der Waals surface area contributed by atoms with Gasteiger partial charge < -0.3 is 14.7 Å². The number of hydrogen-bond donors (Lipinski definition) is 0. The van der Waals surface area contributed by atoms with Crippen LogP contribution in [0.2, 0.25) is 0 Å². The zero-order chi connectivity index (χ0) is 15.5. The molecule has 0 radical (unpaired) electrons. The molecule has 0 spiro atoms. The zero-order valence-electron chi connectivity index (χ0n) is 12.8. The van der Waals surface area contributed by atoms with E-state index in [-0.39, 0.29) is 5.91 Å². The molecule has 1 aliphatic heterocycles. The summed E-state index contributed by atoms with van der Waals surface area (Å²) in [5.41, 5.74) is 0. The van der Waals surface area contributed by atoms with Crippen molar-refractivity contribution in [3.63, 3.8) is 0 Å². The maximum absolute atomic E-state index is 12.3. The van der Waals surface area contributed by atoms with Crippen LogP contribution < -0.4 is 9.80 Å². The molecule has 0 saturated carbocycles. The number of anilines is 2. The topological polar surface area (TPSA) is 52.6 Å². The Morgan fingerprint density at radius 2 is 2.00 bits per heavy atom. The number of hydrogen-bond acceptors (Lipinski definition) is 6. The predicted molar refractivity (Wildman–Crippen MR) is 88.8 cm³/mol. The van der Waals surface area contributed by atoms with Crippen molar-refractivity contribution in [1.29, 1.82) is 0 Å². The van der Waals surface area contributed by atoms with Crippen LogP contribution in [0, 0.1) is 0 Å². The summed E-state index contributed by atoms with van der Waals surface area (Å²) in [5, 5.41) is 1.93. The van der Waals surface area contributed by atoms with E-state index in [1.54, 1.807) is 6.20 Å². The van der Waals surface area contributed by atoms with Gasteiger partial charge in [-0.2, -0.15) is 4.98 Å². The minimum absolute atomic E-state index is 0.123. The van der Waals surface area contributed by atoms with Crippen molar-refractivity contribution < 1.29 is 4.79 Å². The van der Waals surface area contributed by atoms with Crippen LogP contribution in [0.5, 0.6) is 0 Å². The number of amides is 1. The first kappa shape index (κ1) is 14.8. The average molecular weight is 317 g/mol. The lowest BCUT2D eigenvalue weighted by Gasteiger charge is -2.34. The van der Waals surface area contributed by atoms with E-state index in [9.17, 15) is 4.79 Å². The summed E-state index contributed by atoms with van der Waals surface area (Å²) in [4.78, 5) is 28.0. The fourth-order valence-electron chi connectivity index (χ4n) is 2.41. The van der Waals surface area contributed by atoms with Crippen LogP contribution in [-0.2, 0) is 0 Å². The molecule has 1 fully saturated rings. The van der Waals surface area contributed by atoms with Gasteiger partial charge in [0, 0.05) is 46.5 Å². The van der Waals surface area contributed by atoms with Crippen LogP contribution in [0.15, 0.2) is 29.8 Å². The molecular weight excluding hydrogens is 298 g/mol. The van der Waals surface area contributed by atoms with E-state index in [1.807, 2.05) is 47.5 Å². The number of carbonyl (C=O) groups excluding carboxylic acids is 1. The summed E-state index contributed by atoms with van der Waals surface area (Å²) in [6, 6.07) is 5.68. The van der Waals surface area contributed by atoms with Crippen molar-refractivity contribution in [2.24, 2.45) is 0 Å². The number of nitrogens with zero attached hydrogens (tertiary/aromatic N) is 5. The van der Waals surface area contributed by atoms with E-state index in [0.717, 1.165) is 29.7 Å². The molecule has 0 N–H and O–H groups in total. The quantitative estimate of drug-likeness (QED) is 0.860. The van der Waals surface area contributed by atoms with E-state index < -0.39 is 0 Å². The third-order valence-electron chi connectivity index (χ3n) is 3.67. The zero-order valence-corrected chi connectivity index (χ0v) is 13.6. The summed E-state index contributed by atoms with van der Waals surface area (Å²) < 4.78 is 0. The van der Waals surface area contributed by atoms with Crippen molar-refractivity contribution in [3.05, 3.63) is 34.7 Å². The van der Waals surface area contributed by atoms with E-state index in [0.29, 0.717) is 13.1 Å². The van der Waals surface area contributed by atoms with Gasteiger partial charge in [-0.15, -0.1) is 11.3 Å². The van der Waals surface area contributed by atoms with Crippen molar-refractivity contribution in [3.8, 4) is 0 Å². The fraction of sp³-hybridized carbons (Fsp3) is 0.400. The summed E-state index contributed by atoms with van der Waals surface area (Å²) in [6.07, 6.45) is 1.78. The van der Waals surface area contributed by atoms with Gasteiger partial charge in [0.25, 0.3) is 5.91 Å². The highest BCUT2D eigenvalue weighted by molar-refractivity contribution is 7.12. The standard InChI is InChI=1S/C15H19N5OS/c1-18(2)13-5-6-16-15(17-13)20-9-7-19(8-10-20)14(21)12-4-3-11-22-12/h3-6,11H,7-10H2,1-2H3. The Labute approximate surface area is 134 Å². The number of thiophene rings is 1. The summed E-state index contributed by atoms with van der Waals surface area (Å²) >= 11 is 1.49. The molecule has 22 heavy (non-hydrogen) atoms. The number of carbonyl (C=O) groups is 1. The lowest BCUT2D eigenvalue weighted by atomic mass is 10.3. The normalized spacial score (nSPS) is 15.0. The molecule has 0 aromatic carbocycles. The Morgan fingerprint density at radius 1 is 1.23 bits per heavy atom. The lowest BCUT2D eigenvalue weighted by Crippen LogP contribution is -2.49. The van der Waals surface area contributed by atoms with E-state index in [4.69, 9.17) is 0 Å². The molecule has 3 heterocycles. The highest BCUT2D eigenvalue weighted by atomic mass is 32.1. The van der Waals surface area contributed by atoms with E-state index in [2.05, 4.69) is 14.9 Å². The monoisotopic (exact) mass is 317 g/mol. The molecular formula is C15H19N5OS. The van der Waals surface area contributed by atoms with Crippen LogP contribution in [0.4, 0.5) is 11.8 Å². The van der Waals surface area contributed by atoms with E-state index in [1.165, 1.54) is 11.3 Å². The molecule has 0 aliphatic carbocycles. The van der Waals surface area contributed by atoms with Crippen molar-refractivity contribution in [2.45, 2.75) is 0 Å². The Kier molecular flexibility index (Phi) is 4.24. The SMILES string of the molecule is CN(C)c1ccnc(N2CCN(C(=O)c3cccs3)CC2)n1. The minimum atomic E-state index is 0.123. The first-order chi connectivity index (χ1) is 10.6. The molecule has 1 aliphatic rings. The van der Waals surface area contributed by atoms with Crippen LogP contribution in [0.25, 0.3) is 0 Å². The smallest absolute Gasteiger partial charge is 0.264 e. The van der Waals surface area contributed by atoms with E-state index >= 15 is 0 Å². The molecule has 116 valence electrons. The maximum Gasteiger partial charge on any atom is 0.264 e. The third kappa shape index (κ3) is 3.04. The largest absolute Gasteiger partial charge is 0.363 e. The molecule has 1 saturated heterocycles. The van der Waals surface area contributed by atoms with Crippen molar-refractivity contribution >= 4 is 29.0 Å². The number of piperazine rings is 1. The van der Waals surface area contributed by atoms with Gasteiger partial charge in [-0.25, -0.2) is 4.98 Å². The molecule has 7 heteroatoms. The number of rotatable bonds is 3. The van der Waals surface area contributed by atoms with Gasteiger partial charge in [0.1, 0.15) is 5.82 Å². The summed E-state index contributed by atoms with van der Waals surface area (Å²) in [7, 11) is 3.92. The van der Waals surface area contributed by atoms with Crippen LogP contribution >= 0.6 is 11.3 Å². The van der Waals surface area contributed by atoms with Gasteiger partial charge in [-0.3, -0.25) is 4.79 Å². The van der Waals surface area contributed by atoms with Crippen LogP contribution in [0.3, 0.4) is 0 Å². The highest BCUT2D eigenvalue weighted by Gasteiger charge is 2.24. The van der Waals surface area contributed by atoms with Gasteiger partial charge >= 0.3 is 0 Å².